The molecule has 1 aliphatic rings. The van der Waals surface area contributed by atoms with Gasteiger partial charge in [0.1, 0.15) is 5.82 Å². The fourth-order valence-electron chi connectivity index (χ4n) is 3.02. The number of hydrogen-bond donors (Lipinski definition) is 0. The second-order valence-corrected chi connectivity index (χ2v) is 6.93. The van der Waals surface area contributed by atoms with Crippen molar-refractivity contribution >= 4 is 26.8 Å². The first-order chi connectivity index (χ1) is 10.9. The molecular weight excluding hydrogens is 367 g/mol. The van der Waals surface area contributed by atoms with Gasteiger partial charge in [-0.15, -0.1) is 0 Å². The minimum Gasteiger partial charge on any atom is -0.376 e. The van der Waals surface area contributed by atoms with Gasteiger partial charge in [-0.25, -0.2) is 9.18 Å². The van der Waals surface area contributed by atoms with E-state index in [-0.39, 0.29) is 23.2 Å². The molecule has 23 heavy (non-hydrogen) atoms. The molecule has 1 aliphatic heterocycles. The van der Waals surface area contributed by atoms with Gasteiger partial charge in [-0.05, 0) is 54.8 Å². The first kappa shape index (κ1) is 16.4. The van der Waals surface area contributed by atoms with Crippen molar-refractivity contribution < 1.29 is 9.13 Å². The third-order valence-corrected chi connectivity index (χ3v) is 4.74. The van der Waals surface area contributed by atoms with E-state index in [1.54, 1.807) is 0 Å². The van der Waals surface area contributed by atoms with E-state index in [9.17, 15) is 14.0 Å². The zero-order chi connectivity index (χ0) is 16.7. The molecule has 1 fully saturated rings. The Kier molecular flexibility index (Phi) is 4.42. The topological polar surface area (TPSA) is 53.2 Å². The van der Waals surface area contributed by atoms with E-state index in [2.05, 4.69) is 15.9 Å². The van der Waals surface area contributed by atoms with E-state index in [0.29, 0.717) is 17.5 Å². The van der Waals surface area contributed by atoms with Crippen molar-refractivity contribution in [2.24, 2.45) is 0 Å². The summed E-state index contributed by atoms with van der Waals surface area (Å²) in [4.78, 5) is 25.5. The highest BCUT2D eigenvalue weighted by molar-refractivity contribution is 9.10. The zero-order valence-corrected chi connectivity index (χ0v) is 14.6. The van der Waals surface area contributed by atoms with Gasteiger partial charge in [-0.3, -0.25) is 13.9 Å². The van der Waals surface area contributed by atoms with Crippen LogP contribution in [0.15, 0.2) is 26.2 Å². The highest BCUT2D eigenvalue weighted by atomic mass is 79.9. The fourth-order valence-corrected chi connectivity index (χ4v) is 3.37. The summed E-state index contributed by atoms with van der Waals surface area (Å²) in [5, 5.41) is 0.324. The van der Waals surface area contributed by atoms with Crippen molar-refractivity contribution in [3.63, 3.8) is 0 Å². The van der Waals surface area contributed by atoms with Gasteiger partial charge in [0.2, 0.25) is 0 Å². The van der Waals surface area contributed by atoms with Crippen LogP contribution in [-0.4, -0.2) is 21.8 Å². The third kappa shape index (κ3) is 2.87. The largest absolute Gasteiger partial charge is 0.376 e. The lowest BCUT2D eigenvalue weighted by atomic mass is 10.2. The summed E-state index contributed by atoms with van der Waals surface area (Å²) in [6, 6.07) is 2.48. The van der Waals surface area contributed by atoms with Crippen molar-refractivity contribution in [1.29, 1.82) is 0 Å². The molecule has 1 aromatic heterocycles. The van der Waals surface area contributed by atoms with Crippen molar-refractivity contribution in [2.45, 2.75) is 45.4 Å². The minimum absolute atomic E-state index is 0.123. The molecule has 0 bridgehead atoms. The molecule has 5 nitrogen and oxygen atoms in total. The Hall–Kier alpha value is -1.47. The van der Waals surface area contributed by atoms with E-state index in [4.69, 9.17) is 4.74 Å². The molecule has 1 atom stereocenters. The van der Waals surface area contributed by atoms with Gasteiger partial charge >= 0.3 is 5.69 Å². The third-order valence-electron chi connectivity index (χ3n) is 4.14. The summed E-state index contributed by atoms with van der Waals surface area (Å²) in [5.41, 5.74) is -0.507. The van der Waals surface area contributed by atoms with Crippen molar-refractivity contribution in [3.8, 4) is 0 Å². The molecule has 2 aromatic rings. The Balaban J connectivity index is 2.30. The summed E-state index contributed by atoms with van der Waals surface area (Å²) < 4.78 is 22.3. The van der Waals surface area contributed by atoms with Crippen LogP contribution in [0.2, 0.25) is 0 Å². The molecule has 0 radical (unpaired) electrons. The second-order valence-electron chi connectivity index (χ2n) is 6.08. The maximum atomic E-state index is 13.9. The molecule has 0 amide bonds. The Morgan fingerprint density at radius 2 is 2.13 bits per heavy atom. The summed E-state index contributed by atoms with van der Waals surface area (Å²) in [5.74, 6) is -0.498. The number of rotatable bonds is 3. The van der Waals surface area contributed by atoms with E-state index < -0.39 is 17.1 Å². The molecule has 3 rings (SSSR count). The Morgan fingerprint density at radius 1 is 1.39 bits per heavy atom. The first-order valence-electron chi connectivity index (χ1n) is 7.66. The number of hydrogen-bond acceptors (Lipinski definition) is 3. The van der Waals surface area contributed by atoms with Gasteiger partial charge in [0, 0.05) is 12.6 Å². The minimum atomic E-state index is -0.498. The van der Waals surface area contributed by atoms with Crippen LogP contribution in [0.1, 0.15) is 32.7 Å². The summed E-state index contributed by atoms with van der Waals surface area (Å²) >= 11 is 3.11. The van der Waals surface area contributed by atoms with Crippen LogP contribution in [0, 0.1) is 5.82 Å². The number of ether oxygens (including phenoxy) is 1. The van der Waals surface area contributed by atoms with Crippen LogP contribution < -0.4 is 11.2 Å². The molecule has 1 saturated heterocycles. The molecule has 0 aliphatic carbocycles. The van der Waals surface area contributed by atoms with Crippen LogP contribution >= 0.6 is 15.9 Å². The molecule has 7 heteroatoms. The monoisotopic (exact) mass is 384 g/mol. The number of fused-ring (bicyclic) bond motifs is 1. The SMILES string of the molecule is CC(C)n1c(=O)n(CC2CCCO2)c(=O)c2cc(Br)c(F)cc21. The molecular formula is C16H18BrFN2O3. The van der Waals surface area contributed by atoms with Gasteiger partial charge in [0.05, 0.1) is 28.0 Å². The number of halogens is 2. The smallest absolute Gasteiger partial charge is 0.331 e. The number of nitrogens with zero attached hydrogens (tertiary/aromatic N) is 2. The second kappa shape index (κ2) is 6.20. The Morgan fingerprint density at radius 3 is 2.74 bits per heavy atom. The fraction of sp³-hybridized carbons (Fsp3) is 0.500. The molecule has 0 spiro atoms. The molecule has 1 aromatic carbocycles. The van der Waals surface area contributed by atoms with Gasteiger partial charge in [-0.1, -0.05) is 0 Å². The molecule has 0 N–H and O–H groups in total. The van der Waals surface area contributed by atoms with Gasteiger partial charge in [-0.2, -0.15) is 0 Å². The van der Waals surface area contributed by atoms with Gasteiger partial charge < -0.3 is 4.74 Å². The van der Waals surface area contributed by atoms with E-state index in [0.717, 1.165) is 12.8 Å². The van der Waals surface area contributed by atoms with Crippen LogP contribution in [0.25, 0.3) is 10.9 Å². The maximum Gasteiger partial charge on any atom is 0.331 e. The normalized spacial score (nSPS) is 18.2. The van der Waals surface area contributed by atoms with Crippen LogP contribution in [0.5, 0.6) is 0 Å². The quantitative estimate of drug-likeness (QED) is 0.817. The molecule has 124 valence electrons. The Labute approximate surface area is 140 Å². The van der Waals surface area contributed by atoms with Crippen LogP contribution in [0.3, 0.4) is 0 Å². The first-order valence-corrected chi connectivity index (χ1v) is 8.45. The highest BCUT2D eigenvalue weighted by Gasteiger charge is 2.22. The van der Waals surface area contributed by atoms with Gasteiger partial charge in [0.25, 0.3) is 5.56 Å². The van der Waals surface area contributed by atoms with Crippen molar-refractivity contribution in [2.75, 3.05) is 6.61 Å². The number of benzene rings is 1. The van der Waals surface area contributed by atoms with E-state index in [1.807, 2.05) is 13.8 Å². The average Bonchev–Trinajstić information content (AvgIpc) is 2.99. The van der Waals surface area contributed by atoms with Crippen LogP contribution in [0.4, 0.5) is 4.39 Å². The van der Waals surface area contributed by atoms with E-state index in [1.165, 1.54) is 21.3 Å². The Bertz CT molecular complexity index is 866. The summed E-state index contributed by atoms with van der Waals surface area (Å²) in [7, 11) is 0. The standard InChI is InChI=1S/C16H18BrFN2O3/c1-9(2)20-14-7-13(18)12(17)6-11(14)15(21)19(16(20)22)8-10-4-3-5-23-10/h6-7,9-10H,3-5,8H2,1-2H3. The predicted octanol–water partition coefficient (Wildman–Crippen LogP) is 2.82. The zero-order valence-electron chi connectivity index (χ0n) is 13.0. The lowest BCUT2D eigenvalue weighted by Gasteiger charge is -2.18. The summed E-state index contributed by atoms with van der Waals surface area (Å²) in [6.45, 7) is 4.56. The highest BCUT2D eigenvalue weighted by Crippen LogP contribution is 2.22. The van der Waals surface area contributed by atoms with Crippen LogP contribution in [-0.2, 0) is 11.3 Å². The lowest BCUT2D eigenvalue weighted by molar-refractivity contribution is 0.0947. The van der Waals surface area contributed by atoms with E-state index >= 15 is 0 Å². The van der Waals surface area contributed by atoms with Crippen molar-refractivity contribution in [3.05, 3.63) is 43.3 Å². The molecule has 2 heterocycles. The number of aromatic nitrogens is 2. The van der Waals surface area contributed by atoms with Crippen molar-refractivity contribution in [1.82, 2.24) is 9.13 Å². The average molecular weight is 385 g/mol. The lowest BCUT2D eigenvalue weighted by Crippen LogP contribution is -2.43. The summed E-state index contributed by atoms with van der Waals surface area (Å²) in [6.07, 6.45) is 1.64. The predicted molar refractivity (Wildman–Crippen MR) is 89.5 cm³/mol. The molecule has 1 unspecified atom stereocenters. The molecule has 0 saturated carbocycles. The van der Waals surface area contributed by atoms with Gasteiger partial charge in [0.15, 0.2) is 0 Å². The maximum absolute atomic E-state index is 13.9.